The first kappa shape index (κ1) is 17.9. The second-order valence-corrected chi connectivity index (χ2v) is 6.84. The predicted molar refractivity (Wildman–Crippen MR) is 107 cm³/mol. The van der Waals surface area contributed by atoms with Gasteiger partial charge >= 0.3 is 0 Å². The number of amides is 1. The second-order valence-electron chi connectivity index (χ2n) is 6.84. The van der Waals surface area contributed by atoms with E-state index >= 15 is 0 Å². The number of carbonyl (C=O) groups is 1. The van der Waals surface area contributed by atoms with Gasteiger partial charge in [-0.25, -0.2) is 0 Å². The number of nitrogens with zero attached hydrogens (tertiary/aromatic N) is 1. The fraction of sp³-hybridized carbons (Fsp3) is 0.217. The van der Waals surface area contributed by atoms with Gasteiger partial charge in [-0.05, 0) is 35.1 Å². The van der Waals surface area contributed by atoms with Gasteiger partial charge in [-0.1, -0.05) is 68.4 Å². The van der Waals surface area contributed by atoms with Crippen molar-refractivity contribution >= 4 is 5.91 Å². The summed E-state index contributed by atoms with van der Waals surface area (Å²) in [5, 5.41) is 2.96. The molecule has 0 aliphatic carbocycles. The normalized spacial score (nSPS) is 10.7. The van der Waals surface area contributed by atoms with Crippen molar-refractivity contribution in [3.05, 3.63) is 78.6 Å². The molecule has 0 unspecified atom stereocenters. The van der Waals surface area contributed by atoms with E-state index < -0.39 is 0 Å². The van der Waals surface area contributed by atoms with Crippen LogP contribution in [0, 0.1) is 5.92 Å². The van der Waals surface area contributed by atoms with Crippen molar-refractivity contribution in [2.75, 3.05) is 6.54 Å². The maximum atomic E-state index is 12.3. The number of rotatable bonds is 6. The molecular formula is C23H24N2O. The first-order chi connectivity index (χ1) is 12.6. The summed E-state index contributed by atoms with van der Waals surface area (Å²) in [6.45, 7) is 4.98. The van der Waals surface area contributed by atoms with Crippen LogP contribution in [0.3, 0.4) is 0 Å². The summed E-state index contributed by atoms with van der Waals surface area (Å²) in [6.07, 6.45) is 4.38. The molecule has 1 aromatic heterocycles. The molecule has 0 spiro atoms. The van der Waals surface area contributed by atoms with Crippen LogP contribution in [0.4, 0.5) is 0 Å². The van der Waals surface area contributed by atoms with E-state index in [0.717, 1.165) is 17.5 Å². The van der Waals surface area contributed by atoms with Crippen molar-refractivity contribution in [2.45, 2.75) is 20.3 Å². The number of benzene rings is 2. The highest BCUT2D eigenvalue weighted by molar-refractivity contribution is 5.95. The summed E-state index contributed by atoms with van der Waals surface area (Å²) >= 11 is 0. The second kappa shape index (κ2) is 8.43. The van der Waals surface area contributed by atoms with Gasteiger partial charge in [0.1, 0.15) is 0 Å². The zero-order valence-corrected chi connectivity index (χ0v) is 15.3. The van der Waals surface area contributed by atoms with Gasteiger partial charge in [0.05, 0.1) is 5.56 Å². The average Bonchev–Trinajstić information content (AvgIpc) is 2.68. The molecule has 0 aliphatic rings. The third-order valence-corrected chi connectivity index (χ3v) is 4.33. The Morgan fingerprint density at radius 3 is 2.15 bits per heavy atom. The quantitative estimate of drug-likeness (QED) is 0.668. The molecule has 0 saturated carbocycles. The molecule has 1 N–H and O–H groups in total. The Balaban J connectivity index is 1.74. The molecule has 0 bridgehead atoms. The minimum atomic E-state index is -0.0686. The monoisotopic (exact) mass is 344 g/mol. The minimum absolute atomic E-state index is 0.0686. The summed E-state index contributed by atoms with van der Waals surface area (Å²) in [7, 11) is 0. The van der Waals surface area contributed by atoms with Crippen molar-refractivity contribution in [1.29, 1.82) is 0 Å². The lowest BCUT2D eigenvalue weighted by atomic mass is 10.0. The lowest BCUT2D eigenvalue weighted by Gasteiger charge is -2.09. The molecule has 0 radical (unpaired) electrons. The zero-order valence-electron chi connectivity index (χ0n) is 15.3. The van der Waals surface area contributed by atoms with Gasteiger partial charge in [-0.15, -0.1) is 0 Å². The van der Waals surface area contributed by atoms with Crippen LogP contribution in [0.1, 0.15) is 30.6 Å². The van der Waals surface area contributed by atoms with Gasteiger partial charge in [0.2, 0.25) is 0 Å². The van der Waals surface area contributed by atoms with E-state index in [9.17, 15) is 4.79 Å². The van der Waals surface area contributed by atoms with E-state index in [1.165, 1.54) is 11.1 Å². The Morgan fingerprint density at radius 2 is 1.50 bits per heavy atom. The lowest BCUT2D eigenvalue weighted by molar-refractivity contribution is 0.0951. The molecule has 3 heteroatoms. The smallest absolute Gasteiger partial charge is 0.252 e. The van der Waals surface area contributed by atoms with Crippen LogP contribution >= 0.6 is 0 Å². The number of carbonyl (C=O) groups excluding carboxylic acids is 1. The number of pyridine rings is 1. The summed E-state index contributed by atoms with van der Waals surface area (Å²) < 4.78 is 0. The van der Waals surface area contributed by atoms with Crippen molar-refractivity contribution in [3.63, 3.8) is 0 Å². The van der Waals surface area contributed by atoms with Crippen LogP contribution in [0.25, 0.3) is 22.3 Å². The van der Waals surface area contributed by atoms with Gasteiger partial charge < -0.3 is 5.32 Å². The highest BCUT2D eigenvalue weighted by atomic mass is 16.1. The summed E-state index contributed by atoms with van der Waals surface area (Å²) in [4.78, 5) is 16.5. The van der Waals surface area contributed by atoms with E-state index in [4.69, 9.17) is 0 Å². The van der Waals surface area contributed by atoms with Crippen LogP contribution < -0.4 is 5.32 Å². The molecule has 0 atom stereocenters. The Bertz CT molecular complexity index is 855. The van der Waals surface area contributed by atoms with Crippen LogP contribution in [-0.2, 0) is 0 Å². The Kier molecular flexibility index (Phi) is 5.80. The summed E-state index contributed by atoms with van der Waals surface area (Å²) in [6, 6.07) is 20.5. The standard InChI is InChI=1S/C23H24N2O/c1-17(2)12-13-25-23(26)22-14-21(15-24-16-22)20-10-8-19(9-11-20)18-6-4-3-5-7-18/h3-11,14-17H,12-13H2,1-2H3,(H,25,26). The molecular weight excluding hydrogens is 320 g/mol. The molecule has 3 nitrogen and oxygen atoms in total. The van der Waals surface area contributed by atoms with Gasteiger partial charge in [-0.2, -0.15) is 0 Å². The third-order valence-electron chi connectivity index (χ3n) is 4.33. The summed E-state index contributed by atoms with van der Waals surface area (Å²) in [5.41, 5.74) is 4.95. The van der Waals surface area contributed by atoms with Crippen LogP contribution in [0.5, 0.6) is 0 Å². The number of hydrogen-bond acceptors (Lipinski definition) is 2. The SMILES string of the molecule is CC(C)CCNC(=O)c1cncc(-c2ccc(-c3ccccc3)cc2)c1. The highest BCUT2D eigenvalue weighted by Gasteiger charge is 2.08. The van der Waals surface area contributed by atoms with E-state index in [1.54, 1.807) is 12.4 Å². The molecule has 3 aromatic rings. The van der Waals surface area contributed by atoms with Crippen LogP contribution in [0.2, 0.25) is 0 Å². The third kappa shape index (κ3) is 4.57. The molecule has 0 fully saturated rings. The van der Waals surface area contributed by atoms with E-state index in [-0.39, 0.29) is 5.91 Å². The number of aromatic nitrogens is 1. The first-order valence-corrected chi connectivity index (χ1v) is 9.02. The number of nitrogens with one attached hydrogen (secondary N) is 1. The zero-order chi connectivity index (χ0) is 18.4. The first-order valence-electron chi connectivity index (χ1n) is 9.02. The molecule has 0 aliphatic heterocycles. The van der Waals surface area contributed by atoms with E-state index in [0.29, 0.717) is 18.0 Å². The van der Waals surface area contributed by atoms with Crippen LogP contribution in [0.15, 0.2) is 73.1 Å². The van der Waals surface area contributed by atoms with Crippen molar-refractivity contribution in [2.24, 2.45) is 5.92 Å². The molecule has 1 heterocycles. The number of hydrogen-bond donors (Lipinski definition) is 1. The van der Waals surface area contributed by atoms with Gasteiger partial charge in [0.25, 0.3) is 5.91 Å². The maximum Gasteiger partial charge on any atom is 0.252 e. The topological polar surface area (TPSA) is 42.0 Å². The van der Waals surface area contributed by atoms with Gasteiger partial charge in [-0.3, -0.25) is 9.78 Å². The lowest BCUT2D eigenvalue weighted by Crippen LogP contribution is -2.25. The highest BCUT2D eigenvalue weighted by Crippen LogP contribution is 2.24. The van der Waals surface area contributed by atoms with E-state index in [1.807, 2.05) is 24.3 Å². The minimum Gasteiger partial charge on any atom is -0.352 e. The molecule has 26 heavy (non-hydrogen) atoms. The van der Waals surface area contributed by atoms with Crippen molar-refractivity contribution < 1.29 is 4.79 Å². The van der Waals surface area contributed by atoms with Gasteiger partial charge in [0, 0.05) is 24.5 Å². The Labute approximate surface area is 155 Å². The largest absolute Gasteiger partial charge is 0.352 e. The van der Waals surface area contributed by atoms with Gasteiger partial charge in [0.15, 0.2) is 0 Å². The molecule has 132 valence electrons. The molecule has 2 aromatic carbocycles. The predicted octanol–water partition coefficient (Wildman–Crippen LogP) is 5.19. The van der Waals surface area contributed by atoms with Crippen molar-refractivity contribution in [3.8, 4) is 22.3 Å². The molecule has 3 rings (SSSR count). The fourth-order valence-electron chi connectivity index (χ4n) is 2.78. The Hall–Kier alpha value is -2.94. The van der Waals surface area contributed by atoms with Crippen molar-refractivity contribution in [1.82, 2.24) is 10.3 Å². The molecule has 0 saturated heterocycles. The average molecular weight is 344 g/mol. The fourth-order valence-corrected chi connectivity index (χ4v) is 2.78. The van der Waals surface area contributed by atoms with E-state index in [2.05, 4.69) is 60.5 Å². The Morgan fingerprint density at radius 1 is 0.885 bits per heavy atom. The molecule has 1 amide bonds. The summed E-state index contributed by atoms with van der Waals surface area (Å²) in [5.74, 6) is 0.504. The van der Waals surface area contributed by atoms with Crippen LogP contribution in [-0.4, -0.2) is 17.4 Å². The maximum absolute atomic E-state index is 12.3.